The van der Waals surface area contributed by atoms with Gasteiger partial charge in [-0.1, -0.05) is 48.5 Å². The Hall–Kier alpha value is -4.87. The van der Waals surface area contributed by atoms with Gasteiger partial charge in [-0.3, -0.25) is 15.0 Å². The molecule has 38 heavy (non-hydrogen) atoms. The maximum absolute atomic E-state index is 5.01. The fraction of sp³-hybridized carbons (Fsp3) is 0. The van der Waals surface area contributed by atoms with Crippen LogP contribution in [0.5, 0.6) is 0 Å². The van der Waals surface area contributed by atoms with Crippen LogP contribution in [0.2, 0.25) is 0 Å². The standard InChI is InChI=1S/C33H20N4S/c1-3-13-28-24(9-1)32-33(31-25-10-2-4-14-29(25)38-30(31)20-36-32)37(28)23-18-21(26-11-5-7-15-34-26)17-22(19-23)27-12-6-8-16-35-27/h1-20H. The third-order valence-electron chi connectivity index (χ3n) is 7.12. The number of thiophene rings is 1. The fourth-order valence-corrected chi connectivity index (χ4v) is 6.56. The first-order valence-electron chi connectivity index (χ1n) is 12.5. The minimum atomic E-state index is 0.927. The topological polar surface area (TPSA) is 43.6 Å². The molecule has 0 aliphatic heterocycles. The van der Waals surface area contributed by atoms with E-state index in [1.54, 1.807) is 11.3 Å². The van der Waals surface area contributed by atoms with Gasteiger partial charge >= 0.3 is 0 Å². The Labute approximate surface area is 222 Å². The lowest BCUT2D eigenvalue weighted by molar-refractivity contribution is 1.18. The lowest BCUT2D eigenvalue weighted by Gasteiger charge is -2.13. The van der Waals surface area contributed by atoms with Crippen LogP contribution in [0, 0.1) is 0 Å². The maximum atomic E-state index is 5.01. The number of nitrogens with zero attached hydrogens (tertiary/aromatic N) is 4. The van der Waals surface area contributed by atoms with E-state index in [1.165, 1.54) is 20.2 Å². The van der Waals surface area contributed by atoms with E-state index in [9.17, 15) is 0 Å². The van der Waals surface area contributed by atoms with E-state index in [2.05, 4.69) is 93.4 Å². The summed E-state index contributed by atoms with van der Waals surface area (Å²) in [5, 5.41) is 3.64. The second-order valence-corrected chi connectivity index (χ2v) is 10.4. The van der Waals surface area contributed by atoms with Gasteiger partial charge in [-0.2, -0.15) is 0 Å². The molecule has 0 bridgehead atoms. The van der Waals surface area contributed by atoms with Crippen molar-refractivity contribution in [1.29, 1.82) is 0 Å². The average molecular weight is 505 g/mol. The van der Waals surface area contributed by atoms with Crippen LogP contribution in [0.3, 0.4) is 0 Å². The highest BCUT2D eigenvalue weighted by Crippen LogP contribution is 2.42. The van der Waals surface area contributed by atoms with Gasteiger partial charge in [0.25, 0.3) is 0 Å². The van der Waals surface area contributed by atoms with Crippen molar-refractivity contribution in [2.24, 2.45) is 0 Å². The van der Waals surface area contributed by atoms with Crippen molar-refractivity contribution in [3.05, 3.63) is 122 Å². The maximum Gasteiger partial charge on any atom is 0.0971 e. The Kier molecular flexibility index (Phi) is 4.66. The number of benzene rings is 3. The van der Waals surface area contributed by atoms with E-state index < -0.39 is 0 Å². The molecule has 0 radical (unpaired) electrons. The van der Waals surface area contributed by atoms with Gasteiger partial charge in [0.05, 0.1) is 32.6 Å². The molecule has 0 aliphatic carbocycles. The molecule has 8 rings (SSSR count). The zero-order chi connectivity index (χ0) is 25.1. The molecule has 0 unspecified atom stereocenters. The normalized spacial score (nSPS) is 11.7. The van der Waals surface area contributed by atoms with E-state index in [-0.39, 0.29) is 0 Å². The summed E-state index contributed by atoms with van der Waals surface area (Å²) in [6.07, 6.45) is 5.71. The molecule has 178 valence electrons. The summed E-state index contributed by atoms with van der Waals surface area (Å²) < 4.78 is 4.83. The Morgan fingerprint density at radius 2 is 1.24 bits per heavy atom. The third-order valence-corrected chi connectivity index (χ3v) is 8.22. The number of aromatic nitrogens is 4. The summed E-state index contributed by atoms with van der Waals surface area (Å²) in [5.41, 5.74) is 8.28. The minimum absolute atomic E-state index is 0.927. The van der Waals surface area contributed by atoms with Gasteiger partial charge in [-0.25, -0.2) is 0 Å². The summed E-state index contributed by atoms with van der Waals surface area (Å²) in [6.45, 7) is 0. The van der Waals surface area contributed by atoms with Crippen molar-refractivity contribution in [3.63, 3.8) is 0 Å². The van der Waals surface area contributed by atoms with Crippen LogP contribution in [0.1, 0.15) is 0 Å². The molecule has 0 aliphatic rings. The van der Waals surface area contributed by atoms with Crippen LogP contribution in [0.25, 0.3) is 70.3 Å². The van der Waals surface area contributed by atoms with Gasteiger partial charge in [0, 0.05) is 56.3 Å². The molecular formula is C33H20N4S. The Balaban J connectivity index is 1.54. The van der Waals surface area contributed by atoms with Crippen LogP contribution >= 0.6 is 11.3 Å². The molecule has 5 heterocycles. The molecule has 0 N–H and O–H groups in total. The van der Waals surface area contributed by atoms with Crippen LogP contribution in [-0.2, 0) is 0 Å². The number of hydrogen-bond donors (Lipinski definition) is 0. The zero-order valence-electron chi connectivity index (χ0n) is 20.2. The number of hydrogen-bond acceptors (Lipinski definition) is 4. The van der Waals surface area contributed by atoms with E-state index in [0.717, 1.165) is 50.1 Å². The van der Waals surface area contributed by atoms with E-state index in [4.69, 9.17) is 4.98 Å². The second kappa shape index (κ2) is 8.33. The molecule has 0 saturated carbocycles. The molecule has 0 spiro atoms. The largest absolute Gasteiger partial charge is 0.307 e. The predicted molar refractivity (Wildman–Crippen MR) is 158 cm³/mol. The van der Waals surface area contributed by atoms with Gasteiger partial charge in [0.15, 0.2) is 0 Å². The molecule has 4 nitrogen and oxygen atoms in total. The minimum Gasteiger partial charge on any atom is -0.307 e. The first-order chi connectivity index (χ1) is 18.8. The quantitative estimate of drug-likeness (QED) is 0.242. The summed E-state index contributed by atoms with van der Waals surface area (Å²) >= 11 is 1.79. The molecule has 3 aromatic carbocycles. The summed E-state index contributed by atoms with van der Waals surface area (Å²) in [7, 11) is 0. The molecule has 5 aromatic heterocycles. The van der Waals surface area contributed by atoms with E-state index >= 15 is 0 Å². The highest BCUT2D eigenvalue weighted by molar-refractivity contribution is 7.26. The SMILES string of the molecule is c1ccc(-c2cc(-c3ccccn3)cc(-n3c4ccccc4c4ncc5sc6ccccc6c5c43)c2)nc1. The summed E-state index contributed by atoms with van der Waals surface area (Å²) in [4.78, 5) is 14.4. The van der Waals surface area contributed by atoms with Crippen molar-refractivity contribution in [1.82, 2.24) is 19.5 Å². The number of rotatable bonds is 3. The average Bonchev–Trinajstić information content (AvgIpc) is 3.53. The molecule has 0 saturated heterocycles. The van der Waals surface area contributed by atoms with Crippen molar-refractivity contribution < 1.29 is 0 Å². The fourth-order valence-electron chi connectivity index (χ4n) is 5.48. The third kappa shape index (κ3) is 3.19. The first kappa shape index (κ1) is 21.2. The number of para-hydroxylation sites is 1. The van der Waals surface area contributed by atoms with Gasteiger partial charge in [0.1, 0.15) is 0 Å². The van der Waals surface area contributed by atoms with Gasteiger partial charge in [0.2, 0.25) is 0 Å². The number of fused-ring (bicyclic) bond motifs is 7. The monoisotopic (exact) mass is 504 g/mol. The van der Waals surface area contributed by atoms with Gasteiger partial charge in [-0.05, 0) is 54.6 Å². The molecule has 5 heteroatoms. The Morgan fingerprint density at radius 1 is 0.579 bits per heavy atom. The zero-order valence-corrected chi connectivity index (χ0v) is 21.1. The Morgan fingerprint density at radius 3 is 1.95 bits per heavy atom. The van der Waals surface area contributed by atoms with Crippen LogP contribution < -0.4 is 0 Å². The summed E-state index contributed by atoms with van der Waals surface area (Å²) in [5.74, 6) is 0. The highest BCUT2D eigenvalue weighted by atomic mass is 32.1. The van der Waals surface area contributed by atoms with Crippen LogP contribution in [0.15, 0.2) is 122 Å². The van der Waals surface area contributed by atoms with Crippen LogP contribution in [-0.4, -0.2) is 19.5 Å². The van der Waals surface area contributed by atoms with Gasteiger partial charge in [-0.15, -0.1) is 11.3 Å². The molecular weight excluding hydrogens is 484 g/mol. The summed E-state index contributed by atoms with van der Waals surface area (Å²) in [6, 6.07) is 35.9. The predicted octanol–water partition coefficient (Wildman–Crippen LogP) is 8.67. The van der Waals surface area contributed by atoms with Crippen LogP contribution in [0.4, 0.5) is 0 Å². The van der Waals surface area contributed by atoms with Crippen molar-refractivity contribution in [3.8, 4) is 28.2 Å². The van der Waals surface area contributed by atoms with E-state index in [1.807, 2.05) is 42.9 Å². The molecule has 8 aromatic rings. The highest BCUT2D eigenvalue weighted by Gasteiger charge is 2.20. The Bertz CT molecular complexity index is 2070. The molecule has 0 atom stereocenters. The number of pyridine rings is 3. The first-order valence-corrected chi connectivity index (χ1v) is 13.3. The van der Waals surface area contributed by atoms with Crippen molar-refractivity contribution >= 4 is 53.4 Å². The second-order valence-electron chi connectivity index (χ2n) is 9.34. The lowest BCUT2D eigenvalue weighted by Crippen LogP contribution is -1.97. The van der Waals surface area contributed by atoms with Crippen molar-refractivity contribution in [2.45, 2.75) is 0 Å². The lowest BCUT2D eigenvalue weighted by atomic mass is 10.0. The molecule has 0 amide bonds. The van der Waals surface area contributed by atoms with Crippen molar-refractivity contribution in [2.75, 3.05) is 0 Å². The van der Waals surface area contributed by atoms with Gasteiger partial charge < -0.3 is 4.57 Å². The molecule has 0 fully saturated rings. The smallest absolute Gasteiger partial charge is 0.0971 e. The van der Waals surface area contributed by atoms with E-state index in [0.29, 0.717) is 0 Å².